The van der Waals surface area contributed by atoms with Crippen LogP contribution in [0.4, 0.5) is 16.2 Å². The van der Waals surface area contributed by atoms with Gasteiger partial charge < -0.3 is 25.2 Å². The van der Waals surface area contributed by atoms with Crippen LogP contribution in [0.5, 0.6) is 0 Å². The molecular formula is C24H29ClN4O3. The van der Waals surface area contributed by atoms with Crippen molar-refractivity contribution in [3.8, 4) is 0 Å². The molecule has 0 saturated carbocycles. The second-order valence-electron chi connectivity index (χ2n) is 8.47. The number of rotatable bonds is 4. The molecule has 170 valence electrons. The third-order valence-corrected chi connectivity index (χ3v) is 6.51. The lowest BCUT2D eigenvalue weighted by molar-refractivity contribution is -0.119. The molecule has 0 aromatic heterocycles. The minimum atomic E-state index is -0.614. The number of anilines is 2. The zero-order valence-corrected chi connectivity index (χ0v) is 19.2. The number of methoxy groups -OCH3 is 1. The van der Waals surface area contributed by atoms with Crippen LogP contribution >= 0.6 is 11.6 Å². The lowest BCUT2D eigenvalue weighted by Crippen LogP contribution is -2.45. The topological polar surface area (TPSA) is 73.9 Å². The Labute approximate surface area is 193 Å². The first-order chi connectivity index (χ1) is 15.4. The van der Waals surface area contributed by atoms with E-state index in [9.17, 15) is 9.59 Å². The van der Waals surface area contributed by atoms with Gasteiger partial charge in [0.2, 0.25) is 5.91 Å². The Morgan fingerprint density at radius 2 is 1.69 bits per heavy atom. The highest BCUT2D eigenvalue weighted by molar-refractivity contribution is 6.30. The van der Waals surface area contributed by atoms with Gasteiger partial charge in [-0.25, -0.2) is 4.79 Å². The van der Waals surface area contributed by atoms with Crippen LogP contribution in [0.3, 0.4) is 0 Å². The quantitative estimate of drug-likeness (QED) is 0.736. The summed E-state index contributed by atoms with van der Waals surface area (Å²) in [5, 5.41) is 6.45. The number of benzene rings is 2. The van der Waals surface area contributed by atoms with Gasteiger partial charge in [-0.2, -0.15) is 0 Å². The second kappa shape index (κ2) is 9.90. The lowest BCUT2D eigenvalue weighted by Gasteiger charge is -2.24. The molecule has 0 bridgehead atoms. The van der Waals surface area contributed by atoms with Crippen LogP contribution in [-0.2, 0) is 22.4 Å². The predicted molar refractivity (Wildman–Crippen MR) is 126 cm³/mol. The highest BCUT2D eigenvalue weighted by Gasteiger charge is 2.40. The van der Waals surface area contributed by atoms with Gasteiger partial charge in [0.15, 0.2) is 0 Å². The van der Waals surface area contributed by atoms with E-state index >= 15 is 0 Å². The summed E-state index contributed by atoms with van der Waals surface area (Å²) in [5.74, 6) is -0.207. The number of likely N-dealkylation sites (tertiary alicyclic amines) is 1. The Balaban J connectivity index is 1.46. The molecule has 8 heteroatoms. The molecule has 0 spiro atoms. The van der Waals surface area contributed by atoms with Crippen molar-refractivity contribution in [3.63, 3.8) is 0 Å². The molecule has 2 N–H and O–H groups in total. The van der Waals surface area contributed by atoms with Gasteiger partial charge in [0.1, 0.15) is 6.04 Å². The van der Waals surface area contributed by atoms with Gasteiger partial charge >= 0.3 is 6.03 Å². The Morgan fingerprint density at radius 3 is 2.41 bits per heavy atom. The van der Waals surface area contributed by atoms with Crippen LogP contribution in [0.1, 0.15) is 17.5 Å². The van der Waals surface area contributed by atoms with Gasteiger partial charge in [-0.3, -0.25) is 4.79 Å². The summed E-state index contributed by atoms with van der Waals surface area (Å²) in [6.45, 7) is 2.39. The largest absolute Gasteiger partial charge is 0.380 e. The number of amides is 3. The maximum absolute atomic E-state index is 13.2. The number of nitrogens with zero attached hydrogens (tertiary/aromatic N) is 2. The number of halogens is 1. The van der Waals surface area contributed by atoms with Crippen molar-refractivity contribution < 1.29 is 14.3 Å². The monoisotopic (exact) mass is 456 g/mol. The smallest absolute Gasteiger partial charge is 0.322 e. The first-order valence-corrected chi connectivity index (χ1v) is 11.3. The van der Waals surface area contributed by atoms with Gasteiger partial charge in [0.05, 0.1) is 6.10 Å². The van der Waals surface area contributed by atoms with Crippen LogP contribution < -0.4 is 10.6 Å². The molecule has 3 amide bonds. The third-order valence-electron chi connectivity index (χ3n) is 6.25. The fourth-order valence-electron chi connectivity index (χ4n) is 4.31. The molecule has 7 nitrogen and oxygen atoms in total. The van der Waals surface area contributed by atoms with Gasteiger partial charge in [0.25, 0.3) is 0 Å². The van der Waals surface area contributed by atoms with E-state index in [1.807, 2.05) is 6.07 Å². The average molecular weight is 457 g/mol. The van der Waals surface area contributed by atoms with Crippen LogP contribution in [0.25, 0.3) is 0 Å². The van der Waals surface area contributed by atoms with E-state index in [1.54, 1.807) is 31.4 Å². The molecule has 2 aliphatic heterocycles. The van der Waals surface area contributed by atoms with Crippen molar-refractivity contribution in [2.45, 2.75) is 31.4 Å². The first kappa shape index (κ1) is 22.6. The summed E-state index contributed by atoms with van der Waals surface area (Å²) in [7, 11) is 3.73. The maximum atomic E-state index is 13.2. The van der Waals surface area contributed by atoms with Crippen LogP contribution in [0.2, 0.25) is 5.02 Å². The summed E-state index contributed by atoms with van der Waals surface area (Å²) < 4.78 is 5.46. The summed E-state index contributed by atoms with van der Waals surface area (Å²) in [6.07, 6.45) is 2.23. The highest BCUT2D eigenvalue weighted by Crippen LogP contribution is 2.25. The van der Waals surface area contributed by atoms with E-state index in [0.29, 0.717) is 23.7 Å². The predicted octanol–water partition coefficient (Wildman–Crippen LogP) is 3.63. The average Bonchev–Trinajstić information content (AvgIpc) is 3.15. The Kier molecular flexibility index (Phi) is 6.98. The molecule has 2 atom stereocenters. The van der Waals surface area contributed by atoms with Crippen molar-refractivity contribution in [1.82, 2.24) is 9.80 Å². The molecule has 2 aromatic carbocycles. The first-order valence-electron chi connectivity index (χ1n) is 10.9. The molecular weight excluding hydrogens is 428 g/mol. The molecule has 0 unspecified atom stereocenters. The summed E-state index contributed by atoms with van der Waals surface area (Å²) in [5.41, 5.74) is 3.98. The zero-order chi connectivity index (χ0) is 22.7. The molecule has 32 heavy (non-hydrogen) atoms. The van der Waals surface area contributed by atoms with Crippen molar-refractivity contribution in [3.05, 3.63) is 58.6 Å². The van der Waals surface area contributed by atoms with Gasteiger partial charge in [0, 0.05) is 49.6 Å². The molecule has 1 saturated heterocycles. The van der Waals surface area contributed by atoms with Gasteiger partial charge in [-0.1, -0.05) is 17.7 Å². The zero-order valence-electron chi connectivity index (χ0n) is 18.4. The van der Waals surface area contributed by atoms with Gasteiger partial charge in [-0.15, -0.1) is 0 Å². The number of carbonyl (C=O) groups excluding carboxylic acids is 2. The number of hydrogen-bond acceptors (Lipinski definition) is 4. The number of ether oxygens (including phenoxy) is 1. The Hall–Kier alpha value is -2.61. The van der Waals surface area contributed by atoms with Crippen LogP contribution in [0, 0.1) is 0 Å². The minimum Gasteiger partial charge on any atom is -0.380 e. The molecule has 2 aromatic rings. The Bertz CT molecular complexity index is 982. The maximum Gasteiger partial charge on any atom is 0.322 e. The Morgan fingerprint density at radius 1 is 1.00 bits per heavy atom. The van der Waals surface area contributed by atoms with E-state index in [-0.39, 0.29) is 18.0 Å². The number of hydrogen-bond donors (Lipinski definition) is 2. The minimum absolute atomic E-state index is 0.190. The molecule has 1 fully saturated rings. The lowest BCUT2D eigenvalue weighted by atomic mass is 10.0. The molecule has 0 radical (unpaired) electrons. The number of urea groups is 1. The highest BCUT2D eigenvalue weighted by atomic mass is 35.5. The molecule has 0 aliphatic carbocycles. The summed E-state index contributed by atoms with van der Waals surface area (Å²) >= 11 is 5.92. The number of fused-ring (bicyclic) bond motifs is 1. The fraction of sp³-hybridized carbons (Fsp3) is 0.417. The van der Waals surface area contributed by atoms with Crippen molar-refractivity contribution >= 4 is 34.9 Å². The second-order valence-corrected chi connectivity index (χ2v) is 8.91. The van der Waals surface area contributed by atoms with Crippen LogP contribution in [0.15, 0.2) is 42.5 Å². The standard InChI is InChI=1S/C24H29ClN4O3/c1-28-11-9-16-3-6-20(13-17(16)10-12-28)26-23(30)22-14-21(32-2)15-29(22)24(31)27-19-7-4-18(25)5-8-19/h3-8,13,21-22H,9-12,14-15H2,1-2H3,(H,26,30)(H,27,31)/t21-,22-/m1/s1. The van der Waals surface area contributed by atoms with E-state index in [2.05, 4.69) is 34.7 Å². The summed E-state index contributed by atoms with van der Waals surface area (Å²) in [4.78, 5) is 29.9. The van der Waals surface area contributed by atoms with E-state index in [0.717, 1.165) is 31.6 Å². The van der Waals surface area contributed by atoms with E-state index in [1.165, 1.54) is 16.0 Å². The van der Waals surface area contributed by atoms with Crippen molar-refractivity contribution in [2.24, 2.45) is 0 Å². The number of carbonyl (C=O) groups is 2. The molecule has 2 aliphatic rings. The normalized spacial score (nSPS) is 21.0. The summed E-state index contributed by atoms with van der Waals surface area (Å²) in [6, 6.07) is 12.0. The molecule has 2 heterocycles. The number of likely N-dealkylation sites (N-methyl/N-ethyl adjacent to an activating group) is 1. The van der Waals surface area contributed by atoms with Crippen LogP contribution in [-0.4, -0.2) is 67.7 Å². The van der Waals surface area contributed by atoms with Gasteiger partial charge in [-0.05, 0) is 67.4 Å². The van der Waals surface area contributed by atoms with Crippen molar-refractivity contribution in [2.75, 3.05) is 44.4 Å². The number of nitrogens with one attached hydrogen (secondary N) is 2. The fourth-order valence-corrected chi connectivity index (χ4v) is 4.44. The van der Waals surface area contributed by atoms with E-state index in [4.69, 9.17) is 16.3 Å². The third kappa shape index (κ3) is 5.23. The molecule has 4 rings (SSSR count). The van der Waals surface area contributed by atoms with E-state index < -0.39 is 6.04 Å². The van der Waals surface area contributed by atoms with Crippen molar-refractivity contribution in [1.29, 1.82) is 0 Å². The SMILES string of the molecule is CO[C@@H]1C[C@H](C(=O)Nc2ccc3c(c2)CCN(C)CC3)N(C(=O)Nc2ccc(Cl)cc2)C1.